The number of carbonyl (C=O) groups is 1. The summed E-state index contributed by atoms with van der Waals surface area (Å²) < 4.78 is 7.26. The molecule has 1 unspecified atom stereocenters. The molecule has 0 aliphatic heterocycles. The van der Waals surface area contributed by atoms with Crippen molar-refractivity contribution >= 4 is 23.3 Å². The van der Waals surface area contributed by atoms with Crippen molar-refractivity contribution < 1.29 is 9.53 Å². The van der Waals surface area contributed by atoms with Crippen molar-refractivity contribution in [3.63, 3.8) is 0 Å². The van der Waals surface area contributed by atoms with Gasteiger partial charge in [0.2, 0.25) is 0 Å². The van der Waals surface area contributed by atoms with Crippen LogP contribution in [0.4, 0.5) is 5.82 Å². The van der Waals surface area contributed by atoms with Gasteiger partial charge in [-0.25, -0.2) is 4.68 Å². The first-order valence-corrected chi connectivity index (χ1v) is 8.64. The number of carbonyl (C=O) groups excluding carboxylic acids is 1. The minimum absolute atomic E-state index is 0.333. The van der Waals surface area contributed by atoms with E-state index < -0.39 is 6.10 Å². The van der Waals surface area contributed by atoms with Crippen LogP contribution in [-0.2, 0) is 4.79 Å². The van der Waals surface area contributed by atoms with Crippen LogP contribution in [0.1, 0.15) is 18.2 Å². The molecular formula is C20H17ClN4O2. The van der Waals surface area contributed by atoms with Crippen molar-refractivity contribution in [2.24, 2.45) is 0 Å². The normalized spacial score (nSPS) is 11.5. The number of ether oxygens (including phenoxy) is 1. The van der Waals surface area contributed by atoms with Gasteiger partial charge >= 0.3 is 0 Å². The standard InChI is InChI=1S/C20H17ClN4O2/c1-13-9-19(25(24-13)17-7-4-6-16(21)11-17)23-20(26)14(2)27-18-8-3-5-15(10-18)12-22/h3-11,14H,1-2H3,(H,23,26). The highest BCUT2D eigenvalue weighted by Crippen LogP contribution is 2.21. The van der Waals surface area contributed by atoms with E-state index in [2.05, 4.69) is 10.4 Å². The number of hydrogen-bond donors (Lipinski definition) is 1. The molecule has 136 valence electrons. The van der Waals surface area contributed by atoms with Crippen molar-refractivity contribution in [3.8, 4) is 17.5 Å². The molecule has 1 N–H and O–H groups in total. The lowest BCUT2D eigenvalue weighted by Crippen LogP contribution is -2.31. The Hall–Kier alpha value is -3.30. The summed E-state index contributed by atoms with van der Waals surface area (Å²) in [6.07, 6.45) is -0.762. The molecule has 6 nitrogen and oxygen atoms in total. The molecule has 0 fully saturated rings. The number of halogens is 1. The molecule has 1 atom stereocenters. The number of nitriles is 1. The number of hydrogen-bond acceptors (Lipinski definition) is 4. The minimum Gasteiger partial charge on any atom is -0.481 e. The molecule has 0 bridgehead atoms. The summed E-state index contributed by atoms with van der Waals surface area (Å²) in [4.78, 5) is 12.6. The van der Waals surface area contributed by atoms with Gasteiger partial charge < -0.3 is 10.1 Å². The van der Waals surface area contributed by atoms with E-state index in [4.69, 9.17) is 21.6 Å². The van der Waals surface area contributed by atoms with Gasteiger partial charge in [-0.3, -0.25) is 4.79 Å². The molecule has 27 heavy (non-hydrogen) atoms. The largest absolute Gasteiger partial charge is 0.481 e. The molecular weight excluding hydrogens is 364 g/mol. The van der Waals surface area contributed by atoms with Crippen LogP contribution < -0.4 is 10.1 Å². The molecule has 2 aromatic carbocycles. The van der Waals surface area contributed by atoms with Crippen LogP contribution in [0.5, 0.6) is 5.75 Å². The third kappa shape index (κ3) is 4.46. The minimum atomic E-state index is -0.762. The Morgan fingerprint density at radius 3 is 2.78 bits per heavy atom. The average molecular weight is 381 g/mol. The van der Waals surface area contributed by atoms with Crippen LogP contribution in [0.15, 0.2) is 54.6 Å². The van der Waals surface area contributed by atoms with Crippen molar-refractivity contribution in [1.29, 1.82) is 5.26 Å². The fourth-order valence-electron chi connectivity index (χ4n) is 2.52. The van der Waals surface area contributed by atoms with E-state index in [1.54, 1.807) is 54.1 Å². The van der Waals surface area contributed by atoms with Gasteiger partial charge in [0.15, 0.2) is 6.10 Å². The smallest absolute Gasteiger partial charge is 0.266 e. The molecule has 0 spiro atoms. The van der Waals surface area contributed by atoms with Gasteiger partial charge in [0.25, 0.3) is 5.91 Å². The molecule has 0 saturated heterocycles. The van der Waals surface area contributed by atoms with E-state index in [0.717, 1.165) is 11.4 Å². The summed E-state index contributed by atoms with van der Waals surface area (Å²) in [6, 6.07) is 17.7. The van der Waals surface area contributed by atoms with Crippen LogP contribution in [0, 0.1) is 18.3 Å². The van der Waals surface area contributed by atoms with Gasteiger partial charge in [0, 0.05) is 11.1 Å². The Balaban J connectivity index is 1.77. The average Bonchev–Trinajstić information content (AvgIpc) is 3.02. The van der Waals surface area contributed by atoms with Gasteiger partial charge in [-0.1, -0.05) is 23.7 Å². The first-order valence-electron chi connectivity index (χ1n) is 8.26. The van der Waals surface area contributed by atoms with E-state index >= 15 is 0 Å². The zero-order valence-electron chi connectivity index (χ0n) is 14.8. The zero-order valence-corrected chi connectivity index (χ0v) is 15.6. The number of aryl methyl sites for hydroxylation is 1. The van der Waals surface area contributed by atoms with Crippen LogP contribution in [0.2, 0.25) is 5.02 Å². The van der Waals surface area contributed by atoms with Crippen molar-refractivity contribution in [2.45, 2.75) is 20.0 Å². The van der Waals surface area contributed by atoms with Crippen molar-refractivity contribution in [3.05, 3.63) is 70.9 Å². The molecule has 0 saturated carbocycles. The third-order valence-corrected chi connectivity index (χ3v) is 4.02. The summed E-state index contributed by atoms with van der Waals surface area (Å²) in [5.41, 5.74) is 1.96. The molecule has 0 aliphatic carbocycles. The number of aromatic nitrogens is 2. The van der Waals surface area contributed by atoms with Gasteiger partial charge in [-0.15, -0.1) is 0 Å². The third-order valence-electron chi connectivity index (χ3n) is 3.78. The number of amides is 1. The lowest BCUT2D eigenvalue weighted by Gasteiger charge is -2.15. The highest BCUT2D eigenvalue weighted by Gasteiger charge is 2.18. The van der Waals surface area contributed by atoms with Crippen LogP contribution in [-0.4, -0.2) is 21.8 Å². The van der Waals surface area contributed by atoms with Gasteiger partial charge in [-0.05, 0) is 50.2 Å². The summed E-state index contributed by atoms with van der Waals surface area (Å²) >= 11 is 6.05. The Labute approximate surface area is 161 Å². The Morgan fingerprint density at radius 1 is 1.26 bits per heavy atom. The van der Waals surface area contributed by atoms with E-state index in [-0.39, 0.29) is 5.91 Å². The summed E-state index contributed by atoms with van der Waals surface area (Å²) in [6.45, 7) is 3.48. The monoisotopic (exact) mass is 380 g/mol. The van der Waals surface area contributed by atoms with Gasteiger partial charge in [-0.2, -0.15) is 10.4 Å². The van der Waals surface area contributed by atoms with E-state index in [1.165, 1.54) is 0 Å². The molecule has 7 heteroatoms. The SMILES string of the molecule is Cc1cc(NC(=O)C(C)Oc2cccc(C#N)c2)n(-c2cccc(Cl)c2)n1. The lowest BCUT2D eigenvalue weighted by atomic mass is 10.2. The first kappa shape index (κ1) is 18.5. The highest BCUT2D eigenvalue weighted by atomic mass is 35.5. The second kappa shape index (κ2) is 7.94. The topological polar surface area (TPSA) is 79.9 Å². The first-order chi connectivity index (χ1) is 13.0. The van der Waals surface area contributed by atoms with Crippen LogP contribution in [0.25, 0.3) is 5.69 Å². The highest BCUT2D eigenvalue weighted by molar-refractivity contribution is 6.30. The summed E-state index contributed by atoms with van der Waals surface area (Å²) in [7, 11) is 0. The summed E-state index contributed by atoms with van der Waals surface area (Å²) in [5.74, 6) is 0.637. The molecule has 3 rings (SSSR count). The second-order valence-corrected chi connectivity index (χ2v) is 6.39. The van der Waals surface area contributed by atoms with Crippen molar-refractivity contribution in [2.75, 3.05) is 5.32 Å². The number of rotatable bonds is 5. The quantitative estimate of drug-likeness (QED) is 0.722. The zero-order chi connectivity index (χ0) is 19.4. The Kier molecular flexibility index (Phi) is 5.43. The molecule has 1 heterocycles. The Morgan fingerprint density at radius 2 is 2.04 bits per heavy atom. The van der Waals surface area contributed by atoms with Gasteiger partial charge in [0.05, 0.1) is 23.0 Å². The van der Waals surface area contributed by atoms with Gasteiger partial charge in [0.1, 0.15) is 11.6 Å². The number of benzene rings is 2. The fraction of sp³-hybridized carbons (Fsp3) is 0.150. The van der Waals surface area contributed by atoms with Crippen LogP contribution in [0.3, 0.4) is 0 Å². The number of nitrogens with one attached hydrogen (secondary N) is 1. The molecule has 0 radical (unpaired) electrons. The van der Waals surface area contributed by atoms with E-state index in [1.807, 2.05) is 25.1 Å². The molecule has 0 aliphatic rings. The van der Waals surface area contributed by atoms with E-state index in [0.29, 0.717) is 22.2 Å². The lowest BCUT2D eigenvalue weighted by molar-refractivity contribution is -0.122. The van der Waals surface area contributed by atoms with Crippen LogP contribution >= 0.6 is 11.6 Å². The fourth-order valence-corrected chi connectivity index (χ4v) is 2.70. The molecule has 1 amide bonds. The maximum Gasteiger partial charge on any atom is 0.266 e. The van der Waals surface area contributed by atoms with E-state index in [9.17, 15) is 4.79 Å². The number of anilines is 1. The maximum absolute atomic E-state index is 12.6. The summed E-state index contributed by atoms with van der Waals surface area (Å²) in [5, 5.41) is 16.8. The Bertz CT molecular complexity index is 1020. The predicted octanol–water partition coefficient (Wildman–Crippen LogP) is 4.11. The maximum atomic E-state index is 12.6. The molecule has 1 aromatic heterocycles. The predicted molar refractivity (Wildman–Crippen MR) is 103 cm³/mol. The second-order valence-electron chi connectivity index (χ2n) is 5.95. The number of nitrogens with zero attached hydrogens (tertiary/aromatic N) is 3. The molecule has 3 aromatic rings. The van der Waals surface area contributed by atoms with Crippen molar-refractivity contribution in [1.82, 2.24) is 9.78 Å².